The summed E-state index contributed by atoms with van der Waals surface area (Å²) in [6, 6.07) is 8.79. The van der Waals surface area contributed by atoms with Gasteiger partial charge in [0, 0.05) is 17.3 Å². The molecule has 1 aliphatic rings. The van der Waals surface area contributed by atoms with Gasteiger partial charge in [-0.2, -0.15) is 4.98 Å². The van der Waals surface area contributed by atoms with Crippen molar-refractivity contribution in [2.45, 2.75) is 13.0 Å². The molecule has 0 saturated heterocycles. The standard InChI is InChI=1S/C18H15ClN4O4/c19-12-9-15-14(25-5-6-26-15)7-11(12)8-16(24)21-10-17-22-18(23-27-17)13-3-1-2-4-20-13/h1-4,7,9H,5-6,8,10H2,(H,21,24). The summed E-state index contributed by atoms with van der Waals surface area (Å²) in [7, 11) is 0. The molecule has 3 aromatic rings. The quantitative estimate of drug-likeness (QED) is 0.718. The number of benzene rings is 1. The number of pyridine rings is 1. The molecule has 27 heavy (non-hydrogen) atoms. The Labute approximate surface area is 159 Å². The van der Waals surface area contributed by atoms with Crippen molar-refractivity contribution >= 4 is 17.5 Å². The van der Waals surface area contributed by atoms with Gasteiger partial charge in [0.1, 0.15) is 18.9 Å². The molecule has 0 saturated carbocycles. The normalized spacial score (nSPS) is 12.6. The molecule has 0 fully saturated rings. The van der Waals surface area contributed by atoms with E-state index in [4.69, 9.17) is 25.6 Å². The third kappa shape index (κ3) is 4.01. The van der Waals surface area contributed by atoms with Crippen LogP contribution in [0.1, 0.15) is 11.5 Å². The summed E-state index contributed by atoms with van der Waals surface area (Å²) < 4.78 is 16.1. The largest absolute Gasteiger partial charge is 0.486 e. The molecule has 0 unspecified atom stereocenters. The summed E-state index contributed by atoms with van der Waals surface area (Å²) in [6.45, 7) is 1.06. The number of rotatable bonds is 5. The van der Waals surface area contributed by atoms with Crippen molar-refractivity contribution in [1.82, 2.24) is 20.4 Å². The van der Waals surface area contributed by atoms with Crippen LogP contribution in [0.5, 0.6) is 11.5 Å². The van der Waals surface area contributed by atoms with E-state index in [1.165, 1.54) is 0 Å². The summed E-state index contributed by atoms with van der Waals surface area (Å²) in [6.07, 6.45) is 1.74. The summed E-state index contributed by atoms with van der Waals surface area (Å²) in [4.78, 5) is 20.6. The highest BCUT2D eigenvalue weighted by Gasteiger charge is 2.17. The van der Waals surface area contributed by atoms with Gasteiger partial charge in [0.05, 0.1) is 13.0 Å². The maximum atomic E-state index is 12.2. The Morgan fingerprint density at radius 2 is 2.00 bits per heavy atom. The van der Waals surface area contributed by atoms with Gasteiger partial charge in [-0.15, -0.1) is 0 Å². The SMILES string of the molecule is O=C(Cc1cc2c(cc1Cl)OCCO2)NCc1nc(-c2ccccn2)no1. The Balaban J connectivity index is 1.37. The zero-order valence-electron chi connectivity index (χ0n) is 14.1. The number of ether oxygens (including phenoxy) is 2. The second-order valence-corrected chi connectivity index (χ2v) is 6.17. The smallest absolute Gasteiger partial charge is 0.246 e. The topological polar surface area (TPSA) is 99.4 Å². The molecule has 1 amide bonds. The number of aromatic nitrogens is 3. The van der Waals surface area contributed by atoms with E-state index in [1.807, 2.05) is 6.07 Å². The zero-order chi connectivity index (χ0) is 18.6. The Morgan fingerprint density at radius 1 is 1.19 bits per heavy atom. The van der Waals surface area contributed by atoms with Gasteiger partial charge < -0.3 is 19.3 Å². The molecular weight excluding hydrogens is 372 g/mol. The van der Waals surface area contributed by atoms with Crippen LogP contribution >= 0.6 is 11.6 Å². The Hall–Kier alpha value is -3.13. The third-order valence-corrected chi connectivity index (χ3v) is 4.21. The first-order valence-corrected chi connectivity index (χ1v) is 8.65. The Bertz CT molecular complexity index is 961. The van der Waals surface area contributed by atoms with Crippen molar-refractivity contribution in [3.05, 3.63) is 53.0 Å². The molecule has 1 aliphatic heterocycles. The summed E-state index contributed by atoms with van der Waals surface area (Å²) in [5.41, 5.74) is 1.25. The average Bonchev–Trinajstić information content (AvgIpc) is 3.17. The van der Waals surface area contributed by atoms with Crippen LogP contribution in [0.2, 0.25) is 5.02 Å². The van der Waals surface area contributed by atoms with E-state index in [-0.39, 0.29) is 24.8 Å². The first-order chi connectivity index (χ1) is 13.2. The maximum absolute atomic E-state index is 12.2. The van der Waals surface area contributed by atoms with Crippen LogP contribution in [0.15, 0.2) is 41.1 Å². The van der Waals surface area contributed by atoms with Crippen molar-refractivity contribution in [3.63, 3.8) is 0 Å². The van der Waals surface area contributed by atoms with E-state index in [1.54, 1.807) is 30.5 Å². The van der Waals surface area contributed by atoms with Crippen molar-refractivity contribution in [2.24, 2.45) is 0 Å². The monoisotopic (exact) mass is 386 g/mol. The van der Waals surface area contributed by atoms with Crippen LogP contribution in [0.3, 0.4) is 0 Å². The molecule has 1 N–H and O–H groups in total. The minimum atomic E-state index is -0.230. The van der Waals surface area contributed by atoms with Crippen LogP contribution in [0, 0.1) is 0 Å². The highest BCUT2D eigenvalue weighted by atomic mass is 35.5. The van der Waals surface area contributed by atoms with Crippen LogP contribution in [-0.4, -0.2) is 34.2 Å². The number of hydrogen-bond acceptors (Lipinski definition) is 7. The van der Waals surface area contributed by atoms with Gasteiger partial charge in [-0.1, -0.05) is 22.8 Å². The highest BCUT2D eigenvalue weighted by Crippen LogP contribution is 2.35. The lowest BCUT2D eigenvalue weighted by Gasteiger charge is -2.19. The molecule has 8 nitrogen and oxygen atoms in total. The third-order valence-electron chi connectivity index (χ3n) is 3.86. The first kappa shape index (κ1) is 17.3. The number of carbonyl (C=O) groups is 1. The second kappa shape index (κ2) is 7.63. The molecule has 9 heteroatoms. The fraction of sp³-hybridized carbons (Fsp3) is 0.222. The molecular formula is C18H15ClN4O4. The molecule has 4 rings (SSSR count). The van der Waals surface area contributed by atoms with E-state index in [0.717, 1.165) is 0 Å². The molecule has 0 atom stereocenters. The molecule has 0 aliphatic carbocycles. The minimum Gasteiger partial charge on any atom is -0.486 e. The van der Waals surface area contributed by atoms with Crippen LogP contribution in [0.4, 0.5) is 0 Å². The molecule has 2 aromatic heterocycles. The molecule has 1 aromatic carbocycles. The number of hydrogen-bond donors (Lipinski definition) is 1. The number of nitrogens with zero attached hydrogens (tertiary/aromatic N) is 3. The van der Waals surface area contributed by atoms with Crippen molar-refractivity contribution in [1.29, 1.82) is 0 Å². The zero-order valence-corrected chi connectivity index (χ0v) is 14.9. The second-order valence-electron chi connectivity index (χ2n) is 5.77. The van der Waals surface area contributed by atoms with Gasteiger partial charge in [-0.3, -0.25) is 9.78 Å². The van der Waals surface area contributed by atoms with E-state index >= 15 is 0 Å². The molecule has 0 radical (unpaired) electrons. The van der Waals surface area contributed by atoms with E-state index < -0.39 is 0 Å². The van der Waals surface area contributed by atoms with Crippen LogP contribution in [0.25, 0.3) is 11.5 Å². The van der Waals surface area contributed by atoms with Crippen LogP contribution in [-0.2, 0) is 17.8 Å². The Morgan fingerprint density at radius 3 is 2.78 bits per heavy atom. The maximum Gasteiger partial charge on any atom is 0.246 e. The lowest BCUT2D eigenvalue weighted by Crippen LogP contribution is -2.25. The van der Waals surface area contributed by atoms with E-state index in [0.29, 0.717) is 46.8 Å². The molecule has 138 valence electrons. The molecule has 0 bridgehead atoms. The first-order valence-electron chi connectivity index (χ1n) is 8.28. The fourth-order valence-electron chi connectivity index (χ4n) is 2.58. The Kier molecular flexibility index (Phi) is 4.88. The molecule has 0 spiro atoms. The van der Waals surface area contributed by atoms with E-state index in [9.17, 15) is 4.79 Å². The van der Waals surface area contributed by atoms with Gasteiger partial charge in [0.25, 0.3) is 0 Å². The minimum absolute atomic E-state index is 0.0940. The van der Waals surface area contributed by atoms with Crippen LogP contribution < -0.4 is 14.8 Å². The summed E-state index contributed by atoms with van der Waals surface area (Å²) in [5.74, 6) is 1.60. The summed E-state index contributed by atoms with van der Waals surface area (Å²) in [5, 5.41) is 7.04. The van der Waals surface area contributed by atoms with Gasteiger partial charge in [-0.05, 0) is 23.8 Å². The van der Waals surface area contributed by atoms with Gasteiger partial charge in [-0.25, -0.2) is 0 Å². The van der Waals surface area contributed by atoms with Crippen molar-refractivity contribution in [3.8, 4) is 23.0 Å². The highest BCUT2D eigenvalue weighted by molar-refractivity contribution is 6.31. The predicted molar refractivity (Wildman–Crippen MR) is 95.5 cm³/mol. The van der Waals surface area contributed by atoms with Crippen molar-refractivity contribution in [2.75, 3.05) is 13.2 Å². The number of amides is 1. The number of halogens is 1. The average molecular weight is 387 g/mol. The molecule has 3 heterocycles. The summed E-state index contributed by atoms with van der Waals surface area (Å²) >= 11 is 6.23. The lowest BCUT2D eigenvalue weighted by molar-refractivity contribution is -0.120. The van der Waals surface area contributed by atoms with E-state index in [2.05, 4.69) is 20.4 Å². The van der Waals surface area contributed by atoms with Gasteiger partial charge >= 0.3 is 0 Å². The predicted octanol–water partition coefficient (Wildman–Crippen LogP) is 2.42. The number of carbonyl (C=O) groups excluding carboxylic acids is 1. The van der Waals surface area contributed by atoms with Crippen molar-refractivity contribution < 1.29 is 18.8 Å². The van der Waals surface area contributed by atoms with Gasteiger partial charge in [0.15, 0.2) is 11.5 Å². The number of fused-ring (bicyclic) bond motifs is 1. The van der Waals surface area contributed by atoms with Gasteiger partial charge in [0.2, 0.25) is 17.6 Å². The number of nitrogens with one attached hydrogen (secondary N) is 1. The fourth-order valence-corrected chi connectivity index (χ4v) is 2.80. The lowest BCUT2D eigenvalue weighted by atomic mass is 10.1.